The quantitative estimate of drug-likeness (QED) is 0.765. The van der Waals surface area contributed by atoms with Crippen LogP contribution in [0.2, 0.25) is 0 Å². The van der Waals surface area contributed by atoms with Crippen LogP contribution >= 0.6 is 0 Å². The molecule has 3 aliphatic rings. The Kier molecular flexibility index (Phi) is 2.49. The highest BCUT2D eigenvalue weighted by molar-refractivity contribution is 5.18. The van der Waals surface area contributed by atoms with Crippen molar-refractivity contribution < 1.29 is 5.11 Å². The molecule has 2 bridgehead atoms. The second-order valence-electron chi connectivity index (χ2n) is 7.67. The van der Waals surface area contributed by atoms with E-state index in [1.165, 1.54) is 12.8 Å². The van der Waals surface area contributed by atoms with Gasteiger partial charge in [-0.15, -0.1) is 0 Å². The van der Waals surface area contributed by atoms with Crippen molar-refractivity contribution in [3.63, 3.8) is 0 Å². The third-order valence-electron chi connectivity index (χ3n) is 6.99. The number of hydrogen-bond acceptors (Lipinski definition) is 3. The van der Waals surface area contributed by atoms with E-state index in [2.05, 4.69) is 19.0 Å². The van der Waals surface area contributed by atoms with Crippen LogP contribution in [-0.4, -0.2) is 17.3 Å². The molecule has 18 heavy (non-hydrogen) atoms. The molecular weight excluding hydrogens is 226 g/mol. The van der Waals surface area contributed by atoms with Gasteiger partial charge in [-0.05, 0) is 67.6 Å². The highest BCUT2D eigenvalue weighted by Gasteiger charge is 2.69. The Labute approximate surface area is 109 Å². The Morgan fingerprint density at radius 1 is 1.22 bits per heavy atom. The minimum atomic E-state index is -0.602. The third kappa shape index (κ3) is 1.29. The Bertz CT molecular complexity index is 377. The summed E-state index contributed by atoms with van der Waals surface area (Å²) < 4.78 is 0. The van der Waals surface area contributed by atoms with E-state index in [0.29, 0.717) is 17.9 Å². The van der Waals surface area contributed by atoms with Crippen LogP contribution in [-0.2, 0) is 0 Å². The zero-order chi connectivity index (χ0) is 13.2. The largest absolute Gasteiger partial charge is 0.390 e. The topological polar surface area (TPSA) is 49.7 Å². The molecule has 6 atom stereocenters. The molecule has 1 N–H and O–H groups in total. The molecule has 0 aromatic rings. The van der Waals surface area contributed by atoms with Gasteiger partial charge in [0.1, 0.15) is 0 Å². The summed E-state index contributed by atoms with van der Waals surface area (Å²) in [5.41, 5.74) is -0.284. The monoisotopic (exact) mass is 251 g/mol. The van der Waals surface area contributed by atoms with E-state index < -0.39 is 5.60 Å². The molecule has 3 saturated carbocycles. The molecule has 3 aliphatic carbocycles. The van der Waals surface area contributed by atoms with E-state index in [1.807, 2.05) is 6.92 Å². The van der Waals surface area contributed by atoms with Crippen LogP contribution in [0, 0.1) is 33.5 Å². The predicted octanol–water partition coefficient (Wildman–Crippen LogP) is 3.36. The summed E-state index contributed by atoms with van der Waals surface area (Å²) in [7, 11) is 0. The fourth-order valence-electron chi connectivity index (χ4n) is 5.99. The van der Waals surface area contributed by atoms with E-state index in [4.69, 9.17) is 0 Å². The van der Waals surface area contributed by atoms with Crippen molar-refractivity contribution in [1.82, 2.24) is 0 Å². The molecule has 0 saturated heterocycles. The lowest BCUT2D eigenvalue weighted by molar-refractivity contribution is -0.0733. The maximum Gasteiger partial charge on any atom is 0.0871 e. The van der Waals surface area contributed by atoms with Crippen LogP contribution < -0.4 is 0 Å². The third-order valence-corrected chi connectivity index (χ3v) is 6.99. The highest BCUT2D eigenvalue weighted by Crippen LogP contribution is 2.73. The maximum absolute atomic E-state index is 10.9. The first kappa shape index (κ1) is 12.6. The summed E-state index contributed by atoms with van der Waals surface area (Å²) in [5, 5.41) is 14.0. The van der Waals surface area contributed by atoms with Gasteiger partial charge in [0.25, 0.3) is 0 Å². The lowest BCUT2D eigenvalue weighted by Crippen LogP contribution is -2.45. The molecule has 3 fully saturated rings. The Hall–Kier alpha value is -0.440. The van der Waals surface area contributed by atoms with Gasteiger partial charge >= 0.3 is 0 Å². The number of fused-ring (bicyclic) bond motifs is 1. The van der Waals surface area contributed by atoms with Crippen molar-refractivity contribution in [2.75, 3.05) is 6.54 Å². The normalized spacial score (nSPS) is 58.6. The van der Waals surface area contributed by atoms with Crippen LogP contribution in [0.25, 0.3) is 0 Å². The van der Waals surface area contributed by atoms with Crippen LogP contribution in [0.5, 0.6) is 0 Å². The van der Waals surface area contributed by atoms with Crippen molar-refractivity contribution in [1.29, 1.82) is 0 Å². The minimum Gasteiger partial charge on any atom is -0.390 e. The maximum atomic E-state index is 10.9. The molecule has 0 unspecified atom stereocenters. The predicted molar refractivity (Wildman–Crippen MR) is 71.1 cm³/mol. The summed E-state index contributed by atoms with van der Waals surface area (Å²) in [6, 6.07) is 0. The zero-order valence-electron chi connectivity index (χ0n) is 11.8. The van der Waals surface area contributed by atoms with Crippen LogP contribution in [0.4, 0.5) is 0 Å². The lowest BCUT2D eigenvalue weighted by atomic mass is 9.64. The van der Waals surface area contributed by atoms with Crippen LogP contribution in [0.1, 0.15) is 52.9 Å². The first-order valence-corrected chi connectivity index (χ1v) is 7.38. The summed E-state index contributed by atoms with van der Waals surface area (Å²) in [4.78, 5) is 10.9. The molecule has 3 nitrogen and oxygen atoms in total. The first-order valence-electron chi connectivity index (χ1n) is 7.38. The number of hydrogen-bond donors (Lipinski definition) is 1. The Morgan fingerprint density at radius 3 is 2.61 bits per heavy atom. The van der Waals surface area contributed by atoms with Crippen LogP contribution in [0.3, 0.4) is 0 Å². The van der Waals surface area contributed by atoms with Gasteiger partial charge in [-0.2, -0.15) is 4.91 Å². The number of rotatable bonds is 2. The van der Waals surface area contributed by atoms with E-state index in [0.717, 1.165) is 25.2 Å². The molecule has 1 spiro atoms. The van der Waals surface area contributed by atoms with Crippen molar-refractivity contribution >= 4 is 0 Å². The number of aliphatic hydroxyl groups is 1. The summed E-state index contributed by atoms with van der Waals surface area (Å²) >= 11 is 0. The highest BCUT2D eigenvalue weighted by atomic mass is 16.3. The minimum absolute atomic E-state index is 0.0769. The molecular formula is C15H25NO2. The van der Waals surface area contributed by atoms with Gasteiger partial charge in [-0.25, -0.2) is 0 Å². The SMILES string of the molecule is C[C@@H]1CC[C@H]2[C@](C)(CN=O)[C@H]3C[C@@]12CC[C@]3(C)O. The first-order chi connectivity index (χ1) is 8.37. The Balaban J connectivity index is 2.07. The molecule has 0 heterocycles. The van der Waals surface area contributed by atoms with Crippen molar-refractivity contribution in [3.8, 4) is 0 Å². The average molecular weight is 251 g/mol. The molecule has 0 radical (unpaired) electrons. The van der Waals surface area contributed by atoms with Crippen molar-refractivity contribution in [2.45, 2.75) is 58.5 Å². The van der Waals surface area contributed by atoms with Crippen LogP contribution in [0.15, 0.2) is 5.18 Å². The van der Waals surface area contributed by atoms with Gasteiger partial charge in [0.05, 0.1) is 12.1 Å². The molecule has 102 valence electrons. The van der Waals surface area contributed by atoms with Crippen molar-refractivity contribution in [3.05, 3.63) is 4.91 Å². The molecule has 0 aromatic carbocycles. The number of nitrogens with zero attached hydrogens (tertiary/aromatic N) is 1. The van der Waals surface area contributed by atoms with E-state index in [9.17, 15) is 10.0 Å². The standard InChI is InChI=1S/C15H25NO2/c1-10-4-5-11-13(2,9-16-18)12-8-15(10,11)7-6-14(12,3)17/h10-12,17H,4-9H2,1-3H3/t10-,11+,12-,13+,14+,15+/m1/s1. The van der Waals surface area contributed by atoms with Gasteiger partial charge in [0, 0.05) is 0 Å². The fraction of sp³-hybridized carbons (Fsp3) is 1.00. The zero-order valence-corrected chi connectivity index (χ0v) is 11.8. The van der Waals surface area contributed by atoms with E-state index >= 15 is 0 Å². The smallest absolute Gasteiger partial charge is 0.0871 e. The molecule has 3 heteroatoms. The average Bonchev–Trinajstić information content (AvgIpc) is 2.71. The van der Waals surface area contributed by atoms with E-state index in [1.54, 1.807) is 0 Å². The Morgan fingerprint density at radius 2 is 1.94 bits per heavy atom. The van der Waals surface area contributed by atoms with Crippen molar-refractivity contribution in [2.24, 2.45) is 33.8 Å². The van der Waals surface area contributed by atoms with E-state index in [-0.39, 0.29) is 11.3 Å². The summed E-state index contributed by atoms with van der Waals surface area (Å²) in [6.07, 6.45) is 5.65. The fourth-order valence-corrected chi connectivity index (χ4v) is 5.99. The molecule has 3 rings (SSSR count). The second kappa shape index (κ2) is 3.56. The second-order valence-corrected chi connectivity index (χ2v) is 7.67. The molecule has 0 aliphatic heterocycles. The molecule has 0 amide bonds. The summed E-state index contributed by atoms with van der Waals surface area (Å²) in [5.74, 6) is 1.59. The van der Waals surface area contributed by atoms with Gasteiger partial charge in [0.15, 0.2) is 0 Å². The molecule has 0 aromatic heterocycles. The van der Waals surface area contributed by atoms with Gasteiger partial charge in [-0.3, -0.25) is 0 Å². The number of nitroso groups, excluding NO2 is 1. The van der Waals surface area contributed by atoms with Gasteiger partial charge in [0.2, 0.25) is 0 Å². The lowest BCUT2D eigenvalue weighted by Gasteiger charge is -2.44. The van der Waals surface area contributed by atoms with Gasteiger partial charge in [-0.1, -0.05) is 19.0 Å². The van der Waals surface area contributed by atoms with Gasteiger partial charge < -0.3 is 5.11 Å². The summed E-state index contributed by atoms with van der Waals surface area (Å²) in [6.45, 7) is 6.94.